The summed E-state index contributed by atoms with van der Waals surface area (Å²) >= 11 is 6.08. The van der Waals surface area contributed by atoms with Crippen LogP contribution in [-0.4, -0.2) is 33.2 Å². The van der Waals surface area contributed by atoms with Gasteiger partial charge in [0.15, 0.2) is 0 Å². The zero-order valence-corrected chi connectivity index (χ0v) is 19.2. The van der Waals surface area contributed by atoms with Crippen molar-refractivity contribution in [3.8, 4) is 0 Å². The highest BCUT2D eigenvalue weighted by Crippen LogP contribution is 2.61. The van der Waals surface area contributed by atoms with Crippen LogP contribution in [0.4, 0.5) is 0 Å². The fraction of sp³-hybridized carbons (Fsp3) is 0.417. The number of unbranched alkanes of at least 4 members (excludes halogenated alkanes) is 1. The molecule has 0 fully saturated rings. The minimum absolute atomic E-state index is 0.191. The van der Waals surface area contributed by atoms with Crippen LogP contribution < -0.4 is 0 Å². The summed E-state index contributed by atoms with van der Waals surface area (Å²) in [5.74, 6) is 0.735. The van der Waals surface area contributed by atoms with E-state index in [1.165, 1.54) is 5.56 Å². The van der Waals surface area contributed by atoms with E-state index >= 15 is 0 Å². The van der Waals surface area contributed by atoms with Gasteiger partial charge in [-0.1, -0.05) is 91.0 Å². The summed E-state index contributed by atoms with van der Waals surface area (Å²) in [7, 11) is -1.99. The van der Waals surface area contributed by atoms with Gasteiger partial charge in [-0.2, -0.15) is 0 Å². The fourth-order valence-corrected chi connectivity index (χ4v) is 8.22. The molecule has 2 aromatic rings. The number of nitrogens with zero attached hydrogens (tertiary/aromatic N) is 1. The molecule has 0 N–H and O–H groups in total. The molecule has 0 aliphatic carbocycles. The van der Waals surface area contributed by atoms with Crippen LogP contribution in [-0.2, 0) is 6.42 Å². The molecule has 0 bridgehead atoms. The Morgan fingerprint density at radius 1 is 0.929 bits per heavy atom. The molecular formula is C24H33NOS2. The van der Waals surface area contributed by atoms with Crippen LogP contribution in [0.3, 0.4) is 0 Å². The molecule has 1 unspecified atom stereocenters. The minimum Gasteiger partial charge on any atom is -0.359 e. The van der Waals surface area contributed by atoms with Crippen molar-refractivity contribution >= 4 is 31.7 Å². The van der Waals surface area contributed by atoms with Gasteiger partial charge in [0.05, 0.1) is 0 Å². The molecule has 4 heteroatoms. The van der Waals surface area contributed by atoms with E-state index in [9.17, 15) is 4.79 Å². The Morgan fingerprint density at radius 3 is 2.11 bits per heavy atom. The Balaban J connectivity index is 2.72. The third kappa shape index (κ3) is 4.49. The van der Waals surface area contributed by atoms with E-state index in [1.54, 1.807) is 0 Å². The molecule has 2 aromatic carbocycles. The normalized spacial score (nSPS) is 14.1. The van der Waals surface area contributed by atoms with E-state index in [0.29, 0.717) is 0 Å². The average molecular weight is 416 g/mol. The lowest BCUT2D eigenvalue weighted by Gasteiger charge is -2.43. The standard InChI is InChI=1S/C24H33NOS2/c1-5-9-15-20-16-13-14-19-22(20)28(8-4,24(27)25(6-2)7-3)23(26)21-17-11-10-12-18-21/h10-14,16-19H,5-9,15H2,1-4H3. The van der Waals surface area contributed by atoms with Gasteiger partial charge >= 0.3 is 0 Å². The second-order valence-corrected chi connectivity index (χ2v) is 10.7. The molecule has 0 saturated carbocycles. The zero-order valence-electron chi connectivity index (χ0n) is 17.6. The topological polar surface area (TPSA) is 20.3 Å². The molecule has 2 nitrogen and oxygen atoms in total. The van der Waals surface area contributed by atoms with Gasteiger partial charge in [0.1, 0.15) is 4.32 Å². The van der Waals surface area contributed by atoms with E-state index in [2.05, 4.69) is 56.9 Å². The van der Waals surface area contributed by atoms with E-state index in [4.69, 9.17) is 12.2 Å². The van der Waals surface area contributed by atoms with Crippen LogP contribution in [0.25, 0.3) is 0 Å². The molecule has 28 heavy (non-hydrogen) atoms. The smallest absolute Gasteiger partial charge is 0.212 e. The Hall–Kier alpha value is -1.65. The molecule has 0 aliphatic heterocycles. The van der Waals surface area contributed by atoms with Gasteiger partial charge in [-0.3, -0.25) is 4.79 Å². The molecule has 0 aromatic heterocycles. The largest absolute Gasteiger partial charge is 0.359 e. The van der Waals surface area contributed by atoms with Gasteiger partial charge in [0.25, 0.3) is 0 Å². The number of rotatable bonds is 8. The summed E-state index contributed by atoms with van der Waals surface area (Å²) in [6, 6.07) is 18.2. The number of carbonyl (C=O) groups excluding carboxylic acids is 1. The van der Waals surface area contributed by atoms with Crippen LogP contribution in [0.2, 0.25) is 0 Å². The summed E-state index contributed by atoms with van der Waals surface area (Å²) in [6.07, 6.45) is 3.24. The average Bonchev–Trinajstić information content (AvgIpc) is 2.75. The number of thiocarbonyl (C=S) groups is 1. The van der Waals surface area contributed by atoms with Crippen molar-refractivity contribution in [2.24, 2.45) is 0 Å². The van der Waals surface area contributed by atoms with Crippen LogP contribution in [0, 0.1) is 0 Å². The third-order valence-electron chi connectivity index (χ3n) is 5.23. The van der Waals surface area contributed by atoms with Crippen LogP contribution in [0.15, 0.2) is 59.5 Å². The van der Waals surface area contributed by atoms with Gasteiger partial charge in [0, 0.05) is 23.5 Å². The molecule has 0 spiro atoms. The molecule has 0 heterocycles. The van der Waals surface area contributed by atoms with Crippen molar-refractivity contribution in [1.82, 2.24) is 4.90 Å². The van der Waals surface area contributed by atoms with Gasteiger partial charge in [-0.05, 0) is 44.1 Å². The van der Waals surface area contributed by atoms with Gasteiger partial charge in [-0.25, -0.2) is 0 Å². The van der Waals surface area contributed by atoms with Gasteiger partial charge in [0.2, 0.25) is 5.12 Å². The SMILES string of the molecule is CCCCc1ccccc1S(CC)(C(=O)c1ccccc1)C(=S)N(CC)CC. The summed E-state index contributed by atoms with van der Waals surface area (Å²) in [5.41, 5.74) is 2.04. The van der Waals surface area contributed by atoms with Gasteiger partial charge in [-0.15, -0.1) is 0 Å². The molecule has 0 amide bonds. The number of hydrogen-bond acceptors (Lipinski definition) is 2. The van der Waals surface area contributed by atoms with Crippen molar-refractivity contribution in [3.63, 3.8) is 0 Å². The number of benzene rings is 2. The lowest BCUT2D eigenvalue weighted by atomic mass is 10.1. The first-order chi connectivity index (χ1) is 13.6. The van der Waals surface area contributed by atoms with E-state index in [-0.39, 0.29) is 5.12 Å². The maximum absolute atomic E-state index is 14.0. The quantitative estimate of drug-likeness (QED) is 0.449. The molecule has 2 rings (SSSR count). The second kappa shape index (κ2) is 10.8. The zero-order chi connectivity index (χ0) is 20.6. The highest BCUT2D eigenvalue weighted by Gasteiger charge is 2.40. The Labute approximate surface area is 177 Å². The summed E-state index contributed by atoms with van der Waals surface area (Å²) < 4.78 is 0.831. The molecule has 0 aliphatic rings. The van der Waals surface area contributed by atoms with Crippen molar-refractivity contribution in [1.29, 1.82) is 0 Å². The maximum Gasteiger partial charge on any atom is 0.212 e. The van der Waals surface area contributed by atoms with E-state index in [0.717, 1.165) is 52.9 Å². The summed E-state index contributed by atoms with van der Waals surface area (Å²) in [6.45, 7) is 10.2. The Morgan fingerprint density at radius 2 is 1.54 bits per heavy atom. The van der Waals surface area contributed by atoms with Crippen molar-refractivity contribution in [3.05, 3.63) is 65.7 Å². The predicted octanol–water partition coefficient (Wildman–Crippen LogP) is 6.68. The van der Waals surface area contributed by atoms with Gasteiger partial charge < -0.3 is 4.90 Å². The Kier molecular flexibility index (Phi) is 8.71. The van der Waals surface area contributed by atoms with Crippen molar-refractivity contribution < 1.29 is 4.79 Å². The van der Waals surface area contributed by atoms with Crippen LogP contribution in [0.5, 0.6) is 0 Å². The summed E-state index contributed by atoms with van der Waals surface area (Å²) in [5, 5.41) is 0.191. The maximum atomic E-state index is 14.0. The van der Waals surface area contributed by atoms with Crippen molar-refractivity contribution in [2.75, 3.05) is 18.8 Å². The highest BCUT2D eigenvalue weighted by atomic mass is 32.3. The fourth-order valence-electron chi connectivity index (χ4n) is 3.58. The molecule has 1 atom stereocenters. The van der Waals surface area contributed by atoms with Crippen molar-refractivity contribution in [2.45, 2.75) is 51.9 Å². The first-order valence-corrected chi connectivity index (χ1v) is 12.5. The minimum atomic E-state index is -1.99. The lowest BCUT2D eigenvalue weighted by Crippen LogP contribution is -2.37. The molecular weight excluding hydrogens is 382 g/mol. The third-order valence-corrected chi connectivity index (χ3v) is 10.1. The first kappa shape index (κ1) is 22.6. The second-order valence-electron chi connectivity index (χ2n) is 6.83. The molecule has 0 saturated heterocycles. The van der Waals surface area contributed by atoms with E-state index in [1.807, 2.05) is 30.3 Å². The first-order valence-electron chi connectivity index (χ1n) is 10.3. The number of carbonyl (C=O) groups is 1. The summed E-state index contributed by atoms with van der Waals surface area (Å²) in [4.78, 5) is 17.4. The lowest BCUT2D eigenvalue weighted by molar-refractivity contribution is 0.108. The highest BCUT2D eigenvalue weighted by molar-refractivity contribution is 8.59. The number of hydrogen-bond donors (Lipinski definition) is 0. The molecule has 152 valence electrons. The molecule has 0 radical (unpaired) electrons. The monoisotopic (exact) mass is 415 g/mol. The van der Waals surface area contributed by atoms with Crippen LogP contribution >= 0.6 is 22.2 Å². The van der Waals surface area contributed by atoms with E-state index < -0.39 is 10.0 Å². The Bertz CT molecular complexity index is 786. The predicted molar refractivity (Wildman–Crippen MR) is 128 cm³/mol. The number of aryl methyl sites for hydroxylation is 1. The van der Waals surface area contributed by atoms with Crippen LogP contribution in [0.1, 0.15) is 56.5 Å².